The van der Waals surface area contributed by atoms with Crippen molar-refractivity contribution >= 4 is 28.1 Å². The van der Waals surface area contributed by atoms with Crippen LogP contribution in [0.5, 0.6) is 0 Å². The van der Waals surface area contributed by atoms with Crippen LogP contribution in [0, 0.1) is 0 Å². The lowest BCUT2D eigenvalue weighted by Gasteiger charge is -2.11. The lowest BCUT2D eigenvalue weighted by molar-refractivity contribution is -0.137. The molecule has 0 aliphatic heterocycles. The molecule has 3 heteroatoms. The third-order valence-corrected chi connectivity index (χ3v) is 4.20. The fourth-order valence-electron chi connectivity index (χ4n) is 2.82. The minimum absolute atomic E-state index is 0.207. The van der Waals surface area contributed by atoms with Crippen molar-refractivity contribution in [2.45, 2.75) is 19.3 Å². The molecule has 0 saturated heterocycles. The lowest BCUT2D eigenvalue weighted by atomic mass is 10.0. The van der Waals surface area contributed by atoms with Gasteiger partial charge in [0.05, 0.1) is 0 Å². The topological polar surface area (TPSA) is 49.3 Å². The summed E-state index contributed by atoms with van der Waals surface area (Å²) in [5, 5.41) is 14.4. The molecule has 25 heavy (non-hydrogen) atoms. The van der Waals surface area contributed by atoms with Gasteiger partial charge in [-0.3, -0.25) is 4.79 Å². The van der Waals surface area contributed by atoms with Crippen molar-refractivity contribution in [2.75, 3.05) is 5.32 Å². The van der Waals surface area contributed by atoms with Crippen molar-refractivity contribution in [3.05, 3.63) is 84.4 Å². The molecule has 0 spiro atoms. The Kier molecular flexibility index (Phi) is 5.14. The number of benzene rings is 3. The van der Waals surface area contributed by atoms with Gasteiger partial charge in [0.15, 0.2) is 0 Å². The highest BCUT2D eigenvalue weighted by Crippen LogP contribution is 2.22. The van der Waals surface area contributed by atoms with E-state index in [0.717, 1.165) is 28.9 Å². The number of nitrogens with one attached hydrogen (secondary N) is 1. The zero-order valence-corrected chi connectivity index (χ0v) is 14.0. The third kappa shape index (κ3) is 4.48. The SMILES string of the molecule is C=C(Nc1ccc(CCCC(=O)O)cc1)c1ccc2ccccc2c1. The minimum atomic E-state index is -0.745. The largest absolute Gasteiger partial charge is 0.481 e. The van der Waals surface area contributed by atoms with Gasteiger partial charge in [-0.2, -0.15) is 0 Å². The Bertz CT molecular complexity index is 897. The first kappa shape index (κ1) is 16.8. The first-order chi connectivity index (χ1) is 12.1. The van der Waals surface area contributed by atoms with Crippen LogP contribution in [0.25, 0.3) is 16.5 Å². The van der Waals surface area contributed by atoms with Gasteiger partial charge in [-0.15, -0.1) is 0 Å². The summed E-state index contributed by atoms with van der Waals surface area (Å²) in [6.45, 7) is 4.14. The quantitative estimate of drug-likeness (QED) is 0.615. The molecule has 0 aliphatic rings. The van der Waals surface area contributed by atoms with E-state index in [4.69, 9.17) is 5.11 Å². The number of hydrogen-bond acceptors (Lipinski definition) is 2. The molecule has 3 aromatic carbocycles. The summed E-state index contributed by atoms with van der Waals surface area (Å²) >= 11 is 0. The number of carboxylic acid groups (broad SMARTS) is 1. The van der Waals surface area contributed by atoms with Crippen LogP contribution in [0.1, 0.15) is 24.0 Å². The van der Waals surface area contributed by atoms with Crippen LogP contribution in [-0.2, 0) is 11.2 Å². The van der Waals surface area contributed by atoms with Gasteiger partial charge in [-0.05, 0) is 52.9 Å². The van der Waals surface area contributed by atoms with Crippen molar-refractivity contribution in [1.82, 2.24) is 0 Å². The summed E-state index contributed by atoms with van der Waals surface area (Å²) in [7, 11) is 0. The molecule has 0 atom stereocenters. The fraction of sp³-hybridized carbons (Fsp3) is 0.136. The Morgan fingerprint density at radius 2 is 1.68 bits per heavy atom. The highest BCUT2D eigenvalue weighted by atomic mass is 16.4. The number of rotatable bonds is 7. The van der Waals surface area contributed by atoms with E-state index >= 15 is 0 Å². The fourth-order valence-corrected chi connectivity index (χ4v) is 2.82. The molecule has 0 saturated carbocycles. The number of aliphatic carboxylic acids is 1. The number of fused-ring (bicyclic) bond motifs is 1. The molecule has 0 unspecified atom stereocenters. The van der Waals surface area contributed by atoms with E-state index in [1.807, 2.05) is 36.4 Å². The molecule has 0 aromatic heterocycles. The van der Waals surface area contributed by atoms with Crippen molar-refractivity contribution in [3.8, 4) is 0 Å². The Hall–Kier alpha value is -3.07. The smallest absolute Gasteiger partial charge is 0.303 e. The first-order valence-corrected chi connectivity index (χ1v) is 8.38. The van der Waals surface area contributed by atoms with E-state index in [0.29, 0.717) is 6.42 Å². The highest BCUT2D eigenvalue weighted by molar-refractivity contribution is 5.87. The number of anilines is 1. The van der Waals surface area contributed by atoms with E-state index in [-0.39, 0.29) is 6.42 Å². The van der Waals surface area contributed by atoms with E-state index in [2.05, 4.69) is 42.2 Å². The number of aryl methyl sites for hydroxylation is 1. The van der Waals surface area contributed by atoms with Gasteiger partial charge in [-0.25, -0.2) is 0 Å². The van der Waals surface area contributed by atoms with E-state index in [1.54, 1.807) is 0 Å². The Morgan fingerprint density at radius 3 is 2.40 bits per heavy atom. The Labute approximate surface area is 147 Å². The number of hydrogen-bond donors (Lipinski definition) is 2. The summed E-state index contributed by atoms with van der Waals surface area (Å²) in [5.74, 6) is -0.745. The monoisotopic (exact) mass is 331 g/mol. The maximum absolute atomic E-state index is 10.6. The lowest BCUT2D eigenvalue weighted by Crippen LogP contribution is -1.98. The Morgan fingerprint density at radius 1 is 0.960 bits per heavy atom. The predicted octanol–water partition coefficient (Wildman–Crippen LogP) is 5.33. The molecular formula is C22H21NO2. The minimum Gasteiger partial charge on any atom is -0.481 e. The summed E-state index contributed by atoms with van der Waals surface area (Å²) in [5.41, 5.74) is 4.02. The molecule has 3 aromatic rings. The van der Waals surface area contributed by atoms with E-state index in [1.165, 1.54) is 10.8 Å². The molecule has 0 heterocycles. The predicted molar refractivity (Wildman–Crippen MR) is 104 cm³/mol. The molecule has 0 aliphatic carbocycles. The average molecular weight is 331 g/mol. The second-order valence-corrected chi connectivity index (χ2v) is 6.11. The van der Waals surface area contributed by atoms with Gasteiger partial charge in [0.25, 0.3) is 0 Å². The molecule has 0 radical (unpaired) electrons. The molecule has 126 valence electrons. The van der Waals surface area contributed by atoms with Crippen LogP contribution >= 0.6 is 0 Å². The van der Waals surface area contributed by atoms with Gasteiger partial charge >= 0.3 is 5.97 Å². The standard InChI is InChI=1S/C22H21NO2/c1-16(19-12-11-18-6-2-3-7-20(18)15-19)23-21-13-9-17(10-14-21)5-4-8-22(24)25/h2-3,6-7,9-15,23H,1,4-5,8H2,(H,24,25). The third-order valence-electron chi connectivity index (χ3n) is 4.20. The van der Waals surface area contributed by atoms with Crippen LogP contribution in [0.4, 0.5) is 5.69 Å². The second-order valence-electron chi connectivity index (χ2n) is 6.11. The number of carboxylic acids is 1. The van der Waals surface area contributed by atoms with Gasteiger partial charge in [0.2, 0.25) is 0 Å². The van der Waals surface area contributed by atoms with Gasteiger partial charge in [0.1, 0.15) is 0 Å². The van der Waals surface area contributed by atoms with Crippen molar-refractivity contribution in [1.29, 1.82) is 0 Å². The van der Waals surface area contributed by atoms with Crippen LogP contribution < -0.4 is 5.32 Å². The van der Waals surface area contributed by atoms with Crippen LogP contribution in [0.15, 0.2) is 73.3 Å². The van der Waals surface area contributed by atoms with Crippen LogP contribution in [0.3, 0.4) is 0 Å². The second kappa shape index (κ2) is 7.67. The van der Waals surface area contributed by atoms with Crippen molar-refractivity contribution in [2.24, 2.45) is 0 Å². The summed E-state index contributed by atoms with van der Waals surface area (Å²) in [4.78, 5) is 10.6. The highest BCUT2D eigenvalue weighted by Gasteiger charge is 2.03. The van der Waals surface area contributed by atoms with Gasteiger partial charge < -0.3 is 10.4 Å². The zero-order valence-electron chi connectivity index (χ0n) is 14.0. The molecule has 3 rings (SSSR count). The normalized spacial score (nSPS) is 10.6. The van der Waals surface area contributed by atoms with Gasteiger partial charge in [0, 0.05) is 17.8 Å². The summed E-state index contributed by atoms with van der Waals surface area (Å²) in [6, 6.07) is 22.6. The molecular weight excluding hydrogens is 310 g/mol. The summed E-state index contributed by atoms with van der Waals surface area (Å²) in [6.07, 6.45) is 1.64. The molecule has 0 amide bonds. The van der Waals surface area contributed by atoms with Gasteiger partial charge in [-0.1, -0.05) is 55.1 Å². The molecule has 2 N–H and O–H groups in total. The summed E-state index contributed by atoms with van der Waals surface area (Å²) < 4.78 is 0. The van der Waals surface area contributed by atoms with Crippen molar-refractivity contribution in [3.63, 3.8) is 0 Å². The molecule has 3 nitrogen and oxygen atoms in total. The average Bonchev–Trinajstić information content (AvgIpc) is 2.62. The van der Waals surface area contributed by atoms with Crippen molar-refractivity contribution < 1.29 is 9.90 Å². The van der Waals surface area contributed by atoms with Crippen LogP contribution in [-0.4, -0.2) is 11.1 Å². The molecule has 0 bridgehead atoms. The molecule has 0 fully saturated rings. The van der Waals surface area contributed by atoms with E-state index in [9.17, 15) is 4.79 Å². The maximum atomic E-state index is 10.6. The maximum Gasteiger partial charge on any atom is 0.303 e. The Balaban J connectivity index is 1.64. The number of carbonyl (C=O) groups is 1. The van der Waals surface area contributed by atoms with Crippen LogP contribution in [0.2, 0.25) is 0 Å². The van der Waals surface area contributed by atoms with E-state index < -0.39 is 5.97 Å². The zero-order chi connectivity index (χ0) is 17.6. The first-order valence-electron chi connectivity index (χ1n) is 8.38.